The molecule has 1 aromatic heterocycles. The topological polar surface area (TPSA) is 49.8 Å². The Morgan fingerprint density at radius 3 is 2.43 bits per heavy atom. The fourth-order valence-corrected chi connectivity index (χ4v) is 2.08. The Labute approximate surface area is 134 Å². The normalized spacial score (nSPS) is 10.5. The zero-order valence-corrected chi connectivity index (χ0v) is 13.6. The molecule has 0 radical (unpaired) electrons. The van der Waals surface area contributed by atoms with Crippen molar-refractivity contribution in [2.45, 2.75) is 26.7 Å². The molecule has 0 bridgehead atoms. The predicted molar refractivity (Wildman–Crippen MR) is 89.9 cm³/mol. The van der Waals surface area contributed by atoms with E-state index in [4.69, 9.17) is 23.2 Å². The number of halogens is 2. The molecule has 0 fully saturated rings. The maximum absolute atomic E-state index is 6.02. The van der Waals surface area contributed by atoms with Crippen LogP contribution in [0, 0.1) is 0 Å². The summed E-state index contributed by atoms with van der Waals surface area (Å²) < 4.78 is 0. The first-order valence-electron chi connectivity index (χ1n) is 6.96. The molecular weight excluding hydrogens is 307 g/mol. The summed E-state index contributed by atoms with van der Waals surface area (Å²) in [6.45, 7) is 5.03. The van der Waals surface area contributed by atoms with Crippen LogP contribution in [-0.2, 0) is 6.42 Å². The molecule has 21 heavy (non-hydrogen) atoms. The van der Waals surface area contributed by atoms with Crippen LogP contribution in [0.4, 0.5) is 17.3 Å². The highest BCUT2D eigenvalue weighted by Crippen LogP contribution is 2.27. The van der Waals surface area contributed by atoms with Crippen LogP contribution >= 0.6 is 23.2 Å². The molecule has 0 unspecified atom stereocenters. The minimum atomic E-state index is 0.510. The molecule has 0 aliphatic carbocycles. The molecule has 6 heteroatoms. The number of hydrogen-bond donors (Lipinski definition) is 2. The van der Waals surface area contributed by atoms with Gasteiger partial charge in [0.2, 0.25) is 0 Å². The third-order valence-corrected chi connectivity index (χ3v) is 3.58. The minimum Gasteiger partial charge on any atom is -0.370 e. The number of aryl methyl sites for hydroxylation is 1. The van der Waals surface area contributed by atoms with Crippen LogP contribution < -0.4 is 10.6 Å². The third-order valence-electron chi connectivity index (χ3n) is 2.84. The van der Waals surface area contributed by atoms with Crippen molar-refractivity contribution in [3.8, 4) is 0 Å². The number of benzene rings is 1. The molecule has 112 valence electrons. The van der Waals surface area contributed by atoms with Crippen LogP contribution in [-0.4, -0.2) is 16.5 Å². The van der Waals surface area contributed by atoms with Gasteiger partial charge in [0.25, 0.3) is 0 Å². The van der Waals surface area contributed by atoms with Gasteiger partial charge in [0.1, 0.15) is 17.5 Å². The van der Waals surface area contributed by atoms with E-state index in [2.05, 4.69) is 27.5 Å². The number of nitrogens with zero attached hydrogens (tertiary/aromatic N) is 2. The lowest BCUT2D eigenvalue weighted by atomic mass is 10.3. The Bertz CT molecular complexity index is 617. The van der Waals surface area contributed by atoms with E-state index in [1.165, 1.54) is 0 Å². The lowest BCUT2D eigenvalue weighted by Crippen LogP contribution is -2.06. The van der Waals surface area contributed by atoms with Crippen LogP contribution in [0.25, 0.3) is 0 Å². The summed E-state index contributed by atoms with van der Waals surface area (Å²) >= 11 is 11.9. The Morgan fingerprint density at radius 2 is 1.76 bits per heavy atom. The SMILES string of the molecule is CCCNc1cc(Nc2ccc(Cl)c(Cl)c2)nc(CC)n1. The molecule has 1 aromatic carbocycles. The van der Waals surface area contributed by atoms with E-state index in [1.807, 2.05) is 19.1 Å². The zero-order chi connectivity index (χ0) is 15.2. The molecule has 0 spiro atoms. The van der Waals surface area contributed by atoms with E-state index in [-0.39, 0.29) is 0 Å². The van der Waals surface area contributed by atoms with Gasteiger partial charge in [0, 0.05) is 24.7 Å². The van der Waals surface area contributed by atoms with E-state index in [0.29, 0.717) is 10.0 Å². The highest BCUT2D eigenvalue weighted by Gasteiger charge is 2.05. The van der Waals surface area contributed by atoms with Crippen LogP contribution in [0.1, 0.15) is 26.1 Å². The van der Waals surface area contributed by atoms with E-state index < -0.39 is 0 Å². The quantitative estimate of drug-likeness (QED) is 0.792. The molecule has 0 aliphatic rings. The van der Waals surface area contributed by atoms with Crippen molar-refractivity contribution in [3.05, 3.63) is 40.1 Å². The molecule has 1 heterocycles. The van der Waals surface area contributed by atoms with Gasteiger partial charge in [-0.1, -0.05) is 37.0 Å². The Morgan fingerprint density at radius 1 is 1.00 bits per heavy atom. The Balaban J connectivity index is 2.23. The van der Waals surface area contributed by atoms with Gasteiger partial charge in [-0.2, -0.15) is 0 Å². The fourth-order valence-electron chi connectivity index (χ4n) is 1.78. The second-order valence-electron chi connectivity index (χ2n) is 4.59. The van der Waals surface area contributed by atoms with Gasteiger partial charge >= 0.3 is 0 Å². The summed E-state index contributed by atoms with van der Waals surface area (Å²) in [5.74, 6) is 2.35. The average molecular weight is 325 g/mol. The molecule has 2 rings (SSSR count). The van der Waals surface area contributed by atoms with Gasteiger partial charge in [0.15, 0.2) is 0 Å². The van der Waals surface area contributed by atoms with Gasteiger partial charge in [-0.25, -0.2) is 9.97 Å². The summed E-state index contributed by atoms with van der Waals surface area (Å²) in [6, 6.07) is 7.28. The van der Waals surface area contributed by atoms with Crippen molar-refractivity contribution >= 4 is 40.5 Å². The summed E-state index contributed by atoms with van der Waals surface area (Å²) in [5, 5.41) is 7.55. The van der Waals surface area contributed by atoms with Gasteiger partial charge in [-0.15, -0.1) is 0 Å². The van der Waals surface area contributed by atoms with Crippen molar-refractivity contribution in [2.24, 2.45) is 0 Å². The molecule has 0 amide bonds. The molecule has 0 aliphatic heterocycles. The van der Waals surface area contributed by atoms with E-state index in [0.717, 1.165) is 42.5 Å². The van der Waals surface area contributed by atoms with Crippen molar-refractivity contribution in [2.75, 3.05) is 17.2 Å². The molecule has 0 saturated carbocycles. The summed E-state index contributed by atoms with van der Waals surface area (Å²) in [6.07, 6.45) is 1.82. The van der Waals surface area contributed by atoms with Crippen molar-refractivity contribution in [1.82, 2.24) is 9.97 Å². The zero-order valence-electron chi connectivity index (χ0n) is 12.1. The lowest BCUT2D eigenvalue weighted by Gasteiger charge is -2.11. The fraction of sp³-hybridized carbons (Fsp3) is 0.333. The molecule has 4 nitrogen and oxygen atoms in total. The number of anilines is 3. The monoisotopic (exact) mass is 324 g/mol. The van der Waals surface area contributed by atoms with Crippen molar-refractivity contribution in [1.29, 1.82) is 0 Å². The highest BCUT2D eigenvalue weighted by atomic mass is 35.5. The van der Waals surface area contributed by atoms with Crippen LogP contribution in [0.3, 0.4) is 0 Å². The van der Waals surface area contributed by atoms with Crippen LogP contribution in [0.5, 0.6) is 0 Å². The Hall–Kier alpha value is -1.52. The third kappa shape index (κ3) is 4.48. The molecule has 0 saturated heterocycles. The van der Waals surface area contributed by atoms with E-state index in [9.17, 15) is 0 Å². The summed E-state index contributed by atoms with van der Waals surface area (Å²) in [4.78, 5) is 8.92. The van der Waals surface area contributed by atoms with Gasteiger partial charge in [-0.05, 0) is 24.6 Å². The van der Waals surface area contributed by atoms with Gasteiger partial charge < -0.3 is 10.6 Å². The van der Waals surface area contributed by atoms with E-state index >= 15 is 0 Å². The summed E-state index contributed by atoms with van der Waals surface area (Å²) in [5.41, 5.74) is 0.839. The van der Waals surface area contributed by atoms with Crippen LogP contribution in [0.2, 0.25) is 10.0 Å². The second-order valence-corrected chi connectivity index (χ2v) is 5.40. The van der Waals surface area contributed by atoms with E-state index in [1.54, 1.807) is 12.1 Å². The second kappa shape index (κ2) is 7.48. The molecular formula is C15H18Cl2N4. The van der Waals surface area contributed by atoms with Crippen LogP contribution in [0.15, 0.2) is 24.3 Å². The number of rotatable bonds is 6. The average Bonchev–Trinajstić information content (AvgIpc) is 2.48. The summed E-state index contributed by atoms with van der Waals surface area (Å²) in [7, 11) is 0. The van der Waals surface area contributed by atoms with Gasteiger partial charge in [0.05, 0.1) is 10.0 Å². The number of nitrogens with one attached hydrogen (secondary N) is 2. The Kier molecular flexibility index (Phi) is 5.65. The minimum absolute atomic E-state index is 0.510. The number of hydrogen-bond acceptors (Lipinski definition) is 4. The predicted octanol–water partition coefficient (Wildman–Crippen LogP) is 4.91. The smallest absolute Gasteiger partial charge is 0.136 e. The first-order chi connectivity index (χ1) is 10.1. The maximum Gasteiger partial charge on any atom is 0.136 e. The largest absolute Gasteiger partial charge is 0.370 e. The maximum atomic E-state index is 6.02. The first kappa shape index (κ1) is 15.9. The van der Waals surface area contributed by atoms with Gasteiger partial charge in [-0.3, -0.25) is 0 Å². The highest BCUT2D eigenvalue weighted by molar-refractivity contribution is 6.42. The standard InChI is InChI=1S/C15H18Cl2N4/c1-3-7-18-14-9-15(21-13(4-2)20-14)19-10-5-6-11(16)12(17)8-10/h5-6,8-9H,3-4,7H2,1-2H3,(H2,18,19,20,21). The molecule has 0 atom stereocenters. The number of aromatic nitrogens is 2. The lowest BCUT2D eigenvalue weighted by molar-refractivity contribution is 0.919. The van der Waals surface area contributed by atoms with Crippen molar-refractivity contribution < 1.29 is 0 Å². The molecule has 2 aromatic rings. The molecule has 2 N–H and O–H groups in total. The van der Waals surface area contributed by atoms with Crippen molar-refractivity contribution in [3.63, 3.8) is 0 Å². The first-order valence-corrected chi connectivity index (χ1v) is 7.72.